The molecule has 0 bridgehead atoms. The molecule has 2 atom stereocenters. The maximum atomic E-state index is 5.31. The number of ether oxygens (including phenoxy) is 1. The predicted molar refractivity (Wildman–Crippen MR) is 82.7 cm³/mol. The van der Waals surface area contributed by atoms with Crippen molar-refractivity contribution in [2.75, 3.05) is 25.2 Å². The highest BCUT2D eigenvalue weighted by molar-refractivity contribution is 9.10. The molecule has 1 heterocycles. The van der Waals surface area contributed by atoms with Crippen LogP contribution in [-0.2, 0) is 6.42 Å². The highest BCUT2D eigenvalue weighted by Crippen LogP contribution is 2.31. The van der Waals surface area contributed by atoms with Gasteiger partial charge in [0.2, 0.25) is 0 Å². The van der Waals surface area contributed by atoms with Gasteiger partial charge < -0.3 is 10.1 Å². The standard InChI is InChI=1S/C14H20BrNOS/c1-3-16-14-9-18-8-11(14)6-10-7-12(17-2)4-5-13(10)15/h4-5,7,11,14,16H,3,6,8-9H2,1-2H3. The molecule has 1 N–H and O–H groups in total. The monoisotopic (exact) mass is 329 g/mol. The van der Waals surface area contributed by atoms with Gasteiger partial charge >= 0.3 is 0 Å². The SMILES string of the molecule is CCNC1CSCC1Cc1cc(OC)ccc1Br. The van der Waals surface area contributed by atoms with Gasteiger partial charge in [0, 0.05) is 16.3 Å². The number of hydrogen-bond donors (Lipinski definition) is 1. The Bertz CT molecular complexity index is 399. The molecule has 0 amide bonds. The molecular weight excluding hydrogens is 310 g/mol. The van der Waals surface area contributed by atoms with Crippen molar-refractivity contribution >= 4 is 27.7 Å². The maximum absolute atomic E-state index is 5.31. The summed E-state index contributed by atoms with van der Waals surface area (Å²) in [6, 6.07) is 6.88. The van der Waals surface area contributed by atoms with Gasteiger partial charge in [0.05, 0.1) is 7.11 Å². The van der Waals surface area contributed by atoms with Crippen LogP contribution in [0.5, 0.6) is 5.75 Å². The van der Waals surface area contributed by atoms with E-state index in [-0.39, 0.29) is 0 Å². The number of rotatable bonds is 5. The Morgan fingerprint density at radius 2 is 2.28 bits per heavy atom. The van der Waals surface area contributed by atoms with Crippen LogP contribution in [0.3, 0.4) is 0 Å². The van der Waals surface area contributed by atoms with Crippen molar-refractivity contribution < 1.29 is 4.74 Å². The number of thioether (sulfide) groups is 1. The van der Waals surface area contributed by atoms with Gasteiger partial charge in [0.15, 0.2) is 0 Å². The van der Waals surface area contributed by atoms with E-state index in [4.69, 9.17) is 4.74 Å². The lowest BCUT2D eigenvalue weighted by molar-refractivity contribution is 0.411. The maximum Gasteiger partial charge on any atom is 0.119 e. The van der Waals surface area contributed by atoms with Gasteiger partial charge in [0.25, 0.3) is 0 Å². The highest BCUT2D eigenvalue weighted by atomic mass is 79.9. The van der Waals surface area contributed by atoms with Crippen LogP contribution in [0.4, 0.5) is 0 Å². The summed E-state index contributed by atoms with van der Waals surface area (Å²) in [6.07, 6.45) is 1.11. The first-order valence-electron chi connectivity index (χ1n) is 6.38. The van der Waals surface area contributed by atoms with Crippen molar-refractivity contribution in [1.29, 1.82) is 0 Å². The average Bonchev–Trinajstić information content (AvgIpc) is 2.80. The van der Waals surface area contributed by atoms with Crippen molar-refractivity contribution in [1.82, 2.24) is 5.32 Å². The fraction of sp³-hybridized carbons (Fsp3) is 0.571. The summed E-state index contributed by atoms with van der Waals surface area (Å²) in [5.41, 5.74) is 1.35. The molecule has 1 fully saturated rings. The number of hydrogen-bond acceptors (Lipinski definition) is 3. The molecule has 0 aromatic heterocycles. The van der Waals surface area contributed by atoms with Crippen LogP contribution in [0.15, 0.2) is 22.7 Å². The normalized spacial score (nSPS) is 23.3. The van der Waals surface area contributed by atoms with E-state index in [0.29, 0.717) is 6.04 Å². The summed E-state index contributed by atoms with van der Waals surface area (Å²) in [5.74, 6) is 4.15. The molecule has 2 nitrogen and oxygen atoms in total. The summed E-state index contributed by atoms with van der Waals surface area (Å²) in [6.45, 7) is 3.24. The first-order chi connectivity index (χ1) is 8.74. The molecule has 18 heavy (non-hydrogen) atoms. The Kier molecular flexibility index (Phi) is 5.39. The van der Waals surface area contributed by atoms with E-state index in [1.54, 1.807) is 7.11 Å². The molecule has 1 saturated heterocycles. The summed E-state index contributed by atoms with van der Waals surface area (Å²) in [5, 5.41) is 3.60. The van der Waals surface area contributed by atoms with E-state index in [2.05, 4.69) is 52.1 Å². The molecule has 1 aromatic rings. The Morgan fingerprint density at radius 3 is 3.00 bits per heavy atom. The molecule has 0 saturated carbocycles. The number of methoxy groups -OCH3 is 1. The van der Waals surface area contributed by atoms with Gasteiger partial charge in [-0.05, 0) is 48.4 Å². The van der Waals surface area contributed by atoms with Crippen LogP contribution in [0.2, 0.25) is 0 Å². The van der Waals surface area contributed by atoms with Crippen molar-refractivity contribution in [2.24, 2.45) is 5.92 Å². The minimum Gasteiger partial charge on any atom is -0.497 e. The first kappa shape index (κ1) is 14.2. The second-order valence-corrected chi connectivity index (χ2v) is 6.55. The summed E-state index contributed by atoms with van der Waals surface area (Å²) in [4.78, 5) is 0. The lowest BCUT2D eigenvalue weighted by atomic mass is 9.95. The minimum absolute atomic E-state index is 0.651. The lowest BCUT2D eigenvalue weighted by Gasteiger charge is -2.20. The Balaban J connectivity index is 2.08. The third-order valence-corrected chi connectivity index (χ3v) is 5.43. The second kappa shape index (κ2) is 6.83. The molecule has 1 aliphatic heterocycles. The van der Waals surface area contributed by atoms with Crippen molar-refractivity contribution in [3.63, 3.8) is 0 Å². The Labute approximate surface area is 122 Å². The van der Waals surface area contributed by atoms with Gasteiger partial charge in [-0.2, -0.15) is 11.8 Å². The zero-order chi connectivity index (χ0) is 13.0. The largest absolute Gasteiger partial charge is 0.497 e. The molecule has 0 aliphatic carbocycles. The number of nitrogens with one attached hydrogen (secondary N) is 1. The van der Waals surface area contributed by atoms with E-state index >= 15 is 0 Å². The van der Waals surface area contributed by atoms with E-state index in [1.807, 2.05) is 6.07 Å². The molecule has 1 aromatic carbocycles. The predicted octanol–water partition coefficient (Wildman–Crippen LogP) is 3.34. The Hall–Kier alpha value is -0.190. The van der Waals surface area contributed by atoms with E-state index in [1.165, 1.54) is 21.5 Å². The second-order valence-electron chi connectivity index (χ2n) is 4.62. The fourth-order valence-corrected chi connectivity index (χ4v) is 4.25. The minimum atomic E-state index is 0.651. The van der Waals surface area contributed by atoms with E-state index in [9.17, 15) is 0 Å². The van der Waals surface area contributed by atoms with Gasteiger partial charge in [-0.25, -0.2) is 0 Å². The molecule has 4 heteroatoms. The van der Waals surface area contributed by atoms with Crippen LogP contribution in [0.25, 0.3) is 0 Å². The molecule has 2 rings (SSSR count). The molecule has 0 radical (unpaired) electrons. The third-order valence-electron chi connectivity index (χ3n) is 3.40. The zero-order valence-electron chi connectivity index (χ0n) is 10.9. The number of halogens is 1. The summed E-state index contributed by atoms with van der Waals surface area (Å²) >= 11 is 5.70. The quantitative estimate of drug-likeness (QED) is 0.895. The van der Waals surface area contributed by atoms with Crippen LogP contribution in [0.1, 0.15) is 12.5 Å². The fourth-order valence-electron chi connectivity index (χ4n) is 2.40. The molecular formula is C14H20BrNOS. The third kappa shape index (κ3) is 3.43. The van der Waals surface area contributed by atoms with Crippen LogP contribution >= 0.6 is 27.7 Å². The molecule has 100 valence electrons. The smallest absolute Gasteiger partial charge is 0.119 e. The van der Waals surface area contributed by atoms with Gasteiger partial charge in [-0.3, -0.25) is 0 Å². The van der Waals surface area contributed by atoms with E-state index in [0.717, 1.165) is 24.6 Å². The lowest BCUT2D eigenvalue weighted by Crippen LogP contribution is -2.36. The topological polar surface area (TPSA) is 21.3 Å². The highest BCUT2D eigenvalue weighted by Gasteiger charge is 2.27. The van der Waals surface area contributed by atoms with Gasteiger partial charge in [0.1, 0.15) is 5.75 Å². The van der Waals surface area contributed by atoms with Gasteiger partial charge in [-0.1, -0.05) is 22.9 Å². The van der Waals surface area contributed by atoms with Crippen LogP contribution in [0, 0.1) is 5.92 Å². The van der Waals surface area contributed by atoms with Crippen molar-refractivity contribution in [3.05, 3.63) is 28.2 Å². The Morgan fingerprint density at radius 1 is 1.44 bits per heavy atom. The summed E-state index contributed by atoms with van der Waals surface area (Å²) in [7, 11) is 1.72. The first-order valence-corrected chi connectivity index (χ1v) is 8.33. The number of benzene rings is 1. The molecule has 2 unspecified atom stereocenters. The van der Waals surface area contributed by atoms with Crippen LogP contribution < -0.4 is 10.1 Å². The molecule has 0 spiro atoms. The van der Waals surface area contributed by atoms with Gasteiger partial charge in [-0.15, -0.1) is 0 Å². The van der Waals surface area contributed by atoms with E-state index < -0.39 is 0 Å². The van der Waals surface area contributed by atoms with Crippen LogP contribution in [-0.4, -0.2) is 31.2 Å². The zero-order valence-corrected chi connectivity index (χ0v) is 13.3. The van der Waals surface area contributed by atoms with Crippen molar-refractivity contribution in [3.8, 4) is 5.75 Å². The van der Waals surface area contributed by atoms with Crippen molar-refractivity contribution in [2.45, 2.75) is 19.4 Å². The average molecular weight is 330 g/mol. The summed E-state index contributed by atoms with van der Waals surface area (Å²) < 4.78 is 6.50. The molecule has 1 aliphatic rings.